The van der Waals surface area contributed by atoms with Crippen LogP contribution < -0.4 is 4.74 Å². The Morgan fingerprint density at radius 3 is 2.50 bits per heavy atom. The molecule has 0 N–H and O–H groups in total. The molecule has 0 saturated heterocycles. The molecule has 0 aliphatic rings. The molecule has 0 spiro atoms. The lowest BCUT2D eigenvalue weighted by atomic mass is 10.1. The van der Waals surface area contributed by atoms with Crippen LogP contribution in [0.4, 0.5) is 8.78 Å². The van der Waals surface area contributed by atoms with Crippen molar-refractivity contribution < 1.29 is 13.5 Å². The van der Waals surface area contributed by atoms with Crippen molar-refractivity contribution in [2.24, 2.45) is 0 Å². The van der Waals surface area contributed by atoms with E-state index in [-0.39, 0.29) is 6.61 Å². The molecule has 18 heavy (non-hydrogen) atoms. The molecule has 0 amide bonds. The first kappa shape index (κ1) is 12.6. The van der Waals surface area contributed by atoms with Crippen LogP contribution >= 0.6 is 0 Å². The highest BCUT2D eigenvalue weighted by molar-refractivity contribution is 5.33. The van der Waals surface area contributed by atoms with E-state index in [2.05, 4.69) is 0 Å². The maximum atomic E-state index is 13.0. The van der Waals surface area contributed by atoms with Gasteiger partial charge in [-0.2, -0.15) is 0 Å². The van der Waals surface area contributed by atoms with Crippen LogP contribution in [0.5, 0.6) is 5.75 Å². The van der Waals surface area contributed by atoms with E-state index in [1.54, 1.807) is 0 Å². The lowest BCUT2D eigenvalue weighted by molar-refractivity contribution is 0.302. The summed E-state index contributed by atoms with van der Waals surface area (Å²) in [4.78, 5) is 0. The van der Waals surface area contributed by atoms with Gasteiger partial charge in [-0.1, -0.05) is 31.2 Å². The molecule has 0 aliphatic carbocycles. The molecule has 2 rings (SSSR count). The number of para-hydroxylation sites is 1. The topological polar surface area (TPSA) is 9.23 Å². The SMILES string of the molecule is CCc1ccccc1OCc1ccc(F)c(F)c1. The average Bonchev–Trinajstić information content (AvgIpc) is 2.40. The molecule has 0 radical (unpaired) electrons. The molecular weight excluding hydrogens is 234 g/mol. The number of halogens is 2. The summed E-state index contributed by atoms with van der Waals surface area (Å²) in [6.45, 7) is 2.27. The molecule has 0 bridgehead atoms. The second-order valence-electron chi connectivity index (χ2n) is 4.00. The van der Waals surface area contributed by atoms with Crippen molar-refractivity contribution in [3.8, 4) is 5.75 Å². The molecule has 94 valence electrons. The highest BCUT2D eigenvalue weighted by Crippen LogP contribution is 2.20. The zero-order valence-corrected chi connectivity index (χ0v) is 10.1. The predicted molar refractivity (Wildman–Crippen MR) is 66.5 cm³/mol. The third-order valence-electron chi connectivity index (χ3n) is 2.73. The predicted octanol–water partition coefficient (Wildman–Crippen LogP) is 4.11. The van der Waals surface area contributed by atoms with Gasteiger partial charge in [-0.25, -0.2) is 8.78 Å². The smallest absolute Gasteiger partial charge is 0.159 e. The summed E-state index contributed by atoms with van der Waals surface area (Å²) in [7, 11) is 0. The second kappa shape index (κ2) is 5.63. The normalized spacial score (nSPS) is 10.4. The molecule has 0 saturated carbocycles. The summed E-state index contributed by atoms with van der Waals surface area (Å²) in [5.41, 5.74) is 1.71. The van der Waals surface area contributed by atoms with Gasteiger partial charge in [-0.3, -0.25) is 0 Å². The van der Waals surface area contributed by atoms with E-state index in [9.17, 15) is 8.78 Å². The van der Waals surface area contributed by atoms with Gasteiger partial charge in [-0.15, -0.1) is 0 Å². The Bertz CT molecular complexity index is 538. The number of ether oxygens (including phenoxy) is 1. The average molecular weight is 248 g/mol. The molecule has 0 aliphatic heterocycles. The van der Waals surface area contributed by atoms with Gasteiger partial charge in [0.05, 0.1) is 0 Å². The van der Waals surface area contributed by atoms with Crippen LogP contribution in [0.1, 0.15) is 18.1 Å². The first-order valence-corrected chi connectivity index (χ1v) is 5.85. The number of hydrogen-bond acceptors (Lipinski definition) is 1. The monoisotopic (exact) mass is 248 g/mol. The van der Waals surface area contributed by atoms with Crippen LogP contribution in [0, 0.1) is 11.6 Å². The molecule has 0 fully saturated rings. The molecule has 2 aromatic carbocycles. The van der Waals surface area contributed by atoms with Gasteiger partial charge in [-0.05, 0) is 35.7 Å². The van der Waals surface area contributed by atoms with E-state index >= 15 is 0 Å². The van der Waals surface area contributed by atoms with Crippen molar-refractivity contribution in [1.29, 1.82) is 0 Å². The lowest BCUT2D eigenvalue weighted by Gasteiger charge is -2.10. The highest BCUT2D eigenvalue weighted by Gasteiger charge is 2.04. The third-order valence-corrected chi connectivity index (χ3v) is 2.73. The van der Waals surface area contributed by atoms with Gasteiger partial charge in [0.2, 0.25) is 0 Å². The van der Waals surface area contributed by atoms with Crippen LogP contribution in [-0.2, 0) is 13.0 Å². The fourth-order valence-corrected chi connectivity index (χ4v) is 1.73. The first-order chi connectivity index (χ1) is 8.70. The number of aryl methyl sites for hydroxylation is 1. The summed E-state index contributed by atoms with van der Waals surface area (Å²) in [6.07, 6.45) is 0.869. The molecule has 0 atom stereocenters. The minimum Gasteiger partial charge on any atom is -0.489 e. The number of hydrogen-bond donors (Lipinski definition) is 0. The Balaban J connectivity index is 2.09. The Morgan fingerprint density at radius 2 is 1.78 bits per heavy atom. The van der Waals surface area contributed by atoms with E-state index in [0.29, 0.717) is 5.56 Å². The quantitative estimate of drug-likeness (QED) is 0.791. The summed E-state index contributed by atoms with van der Waals surface area (Å²) in [5, 5.41) is 0. The lowest BCUT2D eigenvalue weighted by Crippen LogP contribution is -1.99. The Hall–Kier alpha value is -1.90. The zero-order chi connectivity index (χ0) is 13.0. The fraction of sp³-hybridized carbons (Fsp3) is 0.200. The van der Waals surface area contributed by atoms with Crippen molar-refractivity contribution in [1.82, 2.24) is 0 Å². The summed E-state index contributed by atoms with van der Waals surface area (Å²) >= 11 is 0. The first-order valence-electron chi connectivity index (χ1n) is 5.85. The van der Waals surface area contributed by atoms with Gasteiger partial charge in [0, 0.05) is 0 Å². The van der Waals surface area contributed by atoms with Gasteiger partial charge in [0.15, 0.2) is 11.6 Å². The summed E-state index contributed by atoms with van der Waals surface area (Å²) in [6, 6.07) is 11.5. The molecule has 0 aromatic heterocycles. The van der Waals surface area contributed by atoms with E-state index in [0.717, 1.165) is 29.9 Å². The Labute approximate surface area is 105 Å². The Kier molecular flexibility index (Phi) is 3.92. The maximum absolute atomic E-state index is 13.0. The van der Waals surface area contributed by atoms with E-state index < -0.39 is 11.6 Å². The van der Waals surface area contributed by atoms with Crippen LogP contribution in [0.3, 0.4) is 0 Å². The van der Waals surface area contributed by atoms with Crippen LogP contribution in [0.2, 0.25) is 0 Å². The number of rotatable bonds is 4. The van der Waals surface area contributed by atoms with Crippen LogP contribution in [0.25, 0.3) is 0 Å². The van der Waals surface area contributed by atoms with E-state index in [1.807, 2.05) is 31.2 Å². The van der Waals surface area contributed by atoms with Gasteiger partial charge in [0.1, 0.15) is 12.4 Å². The standard InChI is InChI=1S/C15H14F2O/c1-2-12-5-3-4-6-15(12)18-10-11-7-8-13(16)14(17)9-11/h3-9H,2,10H2,1H3. The maximum Gasteiger partial charge on any atom is 0.159 e. The molecule has 1 nitrogen and oxygen atoms in total. The van der Waals surface area contributed by atoms with Crippen LogP contribution in [-0.4, -0.2) is 0 Å². The van der Waals surface area contributed by atoms with Crippen LogP contribution in [0.15, 0.2) is 42.5 Å². The highest BCUT2D eigenvalue weighted by atomic mass is 19.2. The minimum atomic E-state index is -0.847. The van der Waals surface area contributed by atoms with Gasteiger partial charge >= 0.3 is 0 Å². The van der Waals surface area contributed by atoms with Crippen molar-refractivity contribution in [2.75, 3.05) is 0 Å². The fourth-order valence-electron chi connectivity index (χ4n) is 1.73. The van der Waals surface area contributed by atoms with E-state index in [4.69, 9.17) is 4.74 Å². The summed E-state index contributed by atoms with van der Waals surface area (Å²) in [5.74, 6) is -0.905. The third kappa shape index (κ3) is 2.86. The molecule has 0 heterocycles. The van der Waals surface area contributed by atoms with Crippen molar-refractivity contribution in [3.63, 3.8) is 0 Å². The molecule has 2 aromatic rings. The summed E-state index contributed by atoms with van der Waals surface area (Å²) < 4.78 is 31.4. The van der Waals surface area contributed by atoms with E-state index in [1.165, 1.54) is 6.07 Å². The van der Waals surface area contributed by atoms with Crippen molar-refractivity contribution >= 4 is 0 Å². The minimum absolute atomic E-state index is 0.230. The molecular formula is C15H14F2O. The molecule has 3 heteroatoms. The number of benzene rings is 2. The zero-order valence-electron chi connectivity index (χ0n) is 10.1. The van der Waals surface area contributed by atoms with Crippen molar-refractivity contribution in [3.05, 3.63) is 65.2 Å². The van der Waals surface area contributed by atoms with Gasteiger partial charge in [0.25, 0.3) is 0 Å². The Morgan fingerprint density at radius 1 is 1.00 bits per heavy atom. The van der Waals surface area contributed by atoms with Crippen molar-refractivity contribution in [2.45, 2.75) is 20.0 Å². The van der Waals surface area contributed by atoms with Gasteiger partial charge < -0.3 is 4.74 Å². The largest absolute Gasteiger partial charge is 0.489 e. The molecule has 0 unspecified atom stereocenters. The second-order valence-corrected chi connectivity index (χ2v) is 4.00.